The van der Waals surface area contributed by atoms with Crippen molar-refractivity contribution in [3.05, 3.63) is 53.9 Å². The van der Waals surface area contributed by atoms with Crippen LogP contribution < -0.4 is 10.5 Å². The number of hydrogen-bond acceptors (Lipinski definition) is 7. The van der Waals surface area contributed by atoms with Crippen LogP contribution in [0.4, 0.5) is 0 Å². The van der Waals surface area contributed by atoms with Crippen molar-refractivity contribution in [1.29, 1.82) is 0 Å². The topological polar surface area (TPSA) is 112 Å². The van der Waals surface area contributed by atoms with Gasteiger partial charge in [-0.25, -0.2) is 4.68 Å². The second kappa shape index (κ2) is 7.14. The SMILES string of the molecule is COc1cccc(-n2cc(CN(C)Cc3nc(C(N)=O)no3)cn2)c1. The molecule has 0 aliphatic heterocycles. The van der Waals surface area contributed by atoms with Gasteiger partial charge < -0.3 is 15.0 Å². The molecule has 0 atom stereocenters. The monoisotopic (exact) mass is 342 g/mol. The van der Waals surface area contributed by atoms with Gasteiger partial charge in [-0.2, -0.15) is 10.1 Å². The number of nitrogens with two attached hydrogens (primary N) is 1. The summed E-state index contributed by atoms with van der Waals surface area (Å²) >= 11 is 0. The lowest BCUT2D eigenvalue weighted by Gasteiger charge is -2.12. The van der Waals surface area contributed by atoms with Crippen molar-refractivity contribution in [3.8, 4) is 11.4 Å². The molecule has 0 aliphatic carbocycles. The first-order valence-corrected chi connectivity index (χ1v) is 7.54. The summed E-state index contributed by atoms with van der Waals surface area (Å²) < 4.78 is 12.0. The van der Waals surface area contributed by atoms with Gasteiger partial charge in [-0.15, -0.1) is 0 Å². The second-order valence-corrected chi connectivity index (χ2v) is 5.54. The highest BCUT2D eigenvalue weighted by molar-refractivity contribution is 5.88. The molecule has 0 bridgehead atoms. The largest absolute Gasteiger partial charge is 0.497 e. The van der Waals surface area contributed by atoms with Crippen molar-refractivity contribution in [2.24, 2.45) is 5.73 Å². The van der Waals surface area contributed by atoms with Crippen LogP contribution in [-0.4, -0.2) is 44.9 Å². The van der Waals surface area contributed by atoms with E-state index in [2.05, 4.69) is 15.2 Å². The minimum absolute atomic E-state index is 0.116. The van der Waals surface area contributed by atoms with E-state index in [0.717, 1.165) is 17.0 Å². The average Bonchev–Trinajstić information content (AvgIpc) is 3.24. The van der Waals surface area contributed by atoms with Gasteiger partial charge in [0, 0.05) is 24.4 Å². The van der Waals surface area contributed by atoms with Gasteiger partial charge in [0.05, 0.1) is 25.5 Å². The van der Waals surface area contributed by atoms with Crippen LogP contribution in [0.3, 0.4) is 0 Å². The third-order valence-electron chi connectivity index (χ3n) is 3.50. The molecule has 0 aliphatic rings. The Bertz CT molecular complexity index is 872. The number of carbonyl (C=O) groups is 1. The summed E-state index contributed by atoms with van der Waals surface area (Å²) in [5.41, 5.74) is 7.03. The summed E-state index contributed by atoms with van der Waals surface area (Å²) in [7, 11) is 3.53. The predicted octanol–water partition coefficient (Wildman–Crippen LogP) is 0.995. The number of ether oxygens (including phenoxy) is 1. The van der Waals surface area contributed by atoms with E-state index >= 15 is 0 Å². The van der Waals surface area contributed by atoms with Crippen LogP contribution in [0.1, 0.15) is 22.1 Å². The predicted molar refractivity (Wildman–Crippen MR) is 88.1 cm³/mol. The van der Waals surface area contributed by atoms with Crippen LogP contribution in [0.25, 0.3) is 5.69 Å². The van der Waals surface area contributed by atoms with Gasteiger partial charge in [0.2, 0.25) is 5.89 Å². The minimum Gasteiger partial charge on any atom is -0.497 e. The number of methoxy groups -OCH3 is 1. The van der Waals surface area contributed by atoms with Crippen molar-refractivity contribution in [2.75, 3.05) is 14.2 Å². The fraction of sp³-hybridized carbons (Fsp3) is 0.250. The molecular formula is C16H18N6O3. The molecule has 2 heterocycles. The number of carbonyl (C=O) groups excluding carboxylic acids is 1. The Morgan fingerprint density at radius 1 is 1.40 bits per heavy atom. The fourth-order valence-electron chi connectivity index (χ4n) is 2.35. The first-order valence-electron chi connectivity index (χ1n) is 7.54. The number of aromatic nitrogens is 4. The molecule has 0 fully saturated rings. The fourth-order valence-corrected chi connectivity index (χ4v) is 2.35. The second-order valence-electron chi connectivity index (χ2n) is 5.54. The molecule has 1 amide bonds. The van der Waals surface area contributed by atoms with E-state index in [1.54, 1.807) is 18.0 Å². The van der Waals surface area contributed by atoms with Gasteiger partial charge in [-0.1, -0.05) is 11.2 Å². The normalized spacial score (nSPS) is 11.0. The standard InChI is InChI=1S/C16H18N6O3/c1-21(10-14-19-16(15(17)23)20-25-14)8-11-7-18-22(9-11)12-4-3-5-13(6-12)24-2/h3-7,9H,8,10H2,1-2H3,(H2,17,23). The Hall–Kier alpha value is -3.20. The highest BCUT2D eigenvalue weighted by atomic mass is 16.5. The zero-order chi connectivity index (χ0) is 17.8. The minimum atomic E-state index is -0.711. The lowest BCUT2D eigenvalue weighted by Crippen LogP contribution is -2.18. The zero-order valence-electron chi connectivity index (χ0n) is 13.9. The van der Waals surface area contributed by atoms with Crippen LogP contribution in [0, 0.1) is 0 Å². The molecule has 2 aromatic heterocycles. The molecule has 3 rings (SSSR count). The van der Waals surface area contributed by atoms with Crippen molar-refractivity contribution >= 4 is 5.91 Å². The van der Waals surface area contributed by atoms with Crippen molar-refractivity contribution in [2.45, 2.75) is 13.1 Å². The number of primary amides is 1. The van der Waals surface area contributed by atoms with Crippen molar-refractivity contribution < 1.29 is 14.1 Å². The summed E-state index contributed by atoms with van der Waals surface area (Å²) in [6.07, 6.45) is 3.73. The van der Waals surface area contributed by atoms with Crippen molar-refractivity contribution in [1.82, 2.24) is 24.8 Å². The van der Waals surface area contributed by atoms with E-state index in [1.807, 2.05) is 42.4 Å². The molecular weight excluding hydrogens is 324 g/mol. The third kappa shape index (κ3) is 4.01. The summed E-state index contributed by atoms with van der Waals surface area (Å²) in [5, 5.41) is 7.89. The molecule has 1 aromatic carbocycles. The van der Waals surface area contributed by atoms with Gasteiger partial charge in [-0.3, -0.25) is 9.69 Å². The van der Waals surface area contributed by atoms with Gasteiger partial charge in [0.1, 0.15) is 5.75 Å². The van der Waals surface area contributed by atoms with E-state index in [1.165, 1.54) is 0 Å². The van der Waals surface area contributed by atoms with E-state index < -0.39 is 5.91 Å². The number of nitrogens with zero attached hydrogens (tertiary/aromatic N) is 5. The Morgan fingerprint density at radius 3 is 2.96 bits per heavy atom. The van der Waals surface area contributed by atoms with Crippen LogP contribution in [-0.2, 0) is 13.1 Å². The third-order valence-corrected chi connectivity index (χ3v) is 3.50. The smallest absolute Gasteiger partial charge is 0.290 e. The maximum absolute atomic E-state index is 11.0. The molecule has 9 nitrogen and oxygen atoms in total. The molecule has 0 saturated carbocycles. The highest BCUT2D eigenvalue weighted by Gasteiger charge is 2.13. The van der Waals surface area contributed by atoms with E-state index in [-0.39, 0.29) is 5.82 Å². The van der Waals surface area contributed by atoms with Gasteiger partial charge in [0.25, 0.3) is 11.7 Å². The summed E-state index contributed by atoms with van der Waals surface area (Å²) in [4.78, 5) is 16.9. The van der Waals surface area contributed by atoms with Gasteiger partial charge >= 0.3 is 0 Å². The molecule has 3 aromatic rings. The number of rotatable bonds is 7. The summed E-state index contributed by atoms with van der Waals surface area (Å²) in [5.74, 6) is 0.274. The number of hydrogen-bond donors (Lipinski definition) is 1. The average molecular weight is 342 g/mol. The maximum Gasteiger partial charge on any atom is 0.290 e. The van der Waals surface area contributed by atoms with Crippen LogP contribution in [0.2, 0.25) is 0 Å². The molecule has 2 N–H and O–H groups in total. The number of benzene rings is 1. The Balaban J connectivity index is 1.64. The van der Waals surface area contributed by atoms with E-state index in [9.17, 15) is 4.79 Å². The molecule has 9 heteroatoms. The number of amides is 1. The lowest BCUT2D eigenvalue weighted by molar-refractivity contribution is 0.0987. The Kier molecular flexibility index (Phi) is 4.75. The lowest BCUT2D eigenvalue weighted by atomic mass is 10.3. The highest BCUT2D eigenvalue weighted by Crippen LogP contribution is 2.16. The maximum atomic E-state index is 11.0. The summed E-state index contributed by atoms with van der Waals surface area (Å²) in [6.45, 7) is 1.02. The van der Waals surface area contributed by atoms with Gasteiger partial charge in [0.15, 0.2) is 0 Å². The molecule has 0 saturated heterocycles. The first-order chi connectivity index (χ1) is 12.0. The van der Waals surface area contributed by atoms with Crippen LogP contribution in [0.15, 0.2) is 41.2 Å². The molecule has 0 radical (unpaired) electrons. The molecule has 0 unspecified atom stereocenters. The Morgan fingerprint density at radius 2 is 2.24 bits per heavy atom. The van der Waals surface area contributed by atoms with Gasteiger partial charge in [-0.05, 0) is 19.2 Å². The van der Waals surface area contributed by atoms with Crippen LogP contribution >= 0.6 is 0 Å². The zero-order valence-corrected chi connectivity index (χ0v) is 13.9. The Labute approximate surface area is 144 Å². The quantitative estimate of drug-likeness (QED) is 0.681. The molecule has 0 spiro atoms. The van der Waals surface area contributed by atoms with Crippen LogP contribution in [0.5, 0.6) is 5.75 Å². The summed E-state index contributed by atoms with van der Waals surface area (Å²) in [6, 6.07) is 7.65. The van der Waals surface area contributed by atoms with E-state index in [0.29, 0.717) is 19.0 Å². The van der Waals surface area contributed by atoms with E-state index in [4.69, 9.17) is 15.0 Å². The molecule has 25 heavy (non-hydrogen) atoms. The first kappa shape index (κ1) is 16.7. The molecule has 130 valence electrons. The van der Waals surface area contributed by atoms with Crippen molar-refractivity contribution in [3.63, 3.8) is 0 Å².